The molecule has 2 aromatic heterocycles. The summed E-state index contributed by atoms with van der Waals surface area (Å²) in [6.45, 7) is 0.859. The van der Waals surface area contributed by atoms with E-state index >= 15 is 0 Å². The first-order chi connectivity index (χ1) is 16.2. The van der Waals surface area contributed by atoms with Crippen LogP contribution in [-0.4, -0.2) is 61.9 Å². The molecule has 1 fully saturated rings. The number of hydrogen-bond acceptors (Lipinski definition) is 6. The summed E-state index contributed by atoms with van der Waals surface area (Å²) in [6.07, 6.45) is 4.35. The van der Waals surface area contributed by atoms with Crippen molar-refractivity contribution in [3.63, 3.8) is 0 Å². The van der Waals surface area contributed by atoms with Gasteiger partial charge in [0.2, 0.25) is 0 Å². The first-order valence-corrected chi connectivity index (χ1v) is 12.1. The van der Waals surface area contributed by atoms with Crippen molar-refractivity contribution in [3.05, 3.63) is 65.6 Å². The number of hydrogen-bond donors (Lipinski definition) is 1. The van der Waals surface area contributed by atoms with Gasteiger partial charge in [-0.05, 0) is 43.2 Å². The molecule has 0 saturated carbocycles. The van der Waals surface area contributed by atoms with Gasteiger partial charge in [-0.15, -0.1) is 0 Å². The lowest BCUT2D eigenvalue weighted by Crippen LogP contribution is -2.43. The number of aromatic nitrogens is 2. The van der Waals surface area contributed by atoms with E-state index in [4.69, 9.17) is 4.74 Å². The molecule has 1 N–H and O–H groups in total. The smallest absolute Gasteiger partial charge is 0.303 e. The molecule has 0 spiro atoms. The van der Waals surface area contributed by atoms with E-state index in [0.29, 0.717) is 24.3 Å². The highest BCUT2D eigenvalue weighted by atomic mass is 32.2. The Bertz CT molecular complexity index is 1310. The predicted molar refractivity (Wildman–Crippen MR) is 122 cm³/mol. The Hall–Kier alpha value is -3.09. The molecule has 0 radical (unpaired) electrons. The van der Waals surface area contributed by atoms with Crippen LogP contribution in [0.4, 0.5) is 14.5 Å². The molecule has 1 unspecified atom stereocenters. The first-order valence-electron chi connectivity index (χ1n) is 10.7. The van der Waals surface area contributed by atoms with Crippen LogP contribution < -0.4 is 9.62 Å². The summed E-state index contributed by atoms with van der Waals surface area (Å²) in [5, 5.41) is 0. The summed E-state index contributed by atoms with van der Waals surface area (Å²) in [5.41, 5.74) is 1.40. The Morgan fingerprint density at radius 1 is 1.29 bits per heavy atom. The van der Waals surface area contributed by atoms with Crippen molar-refractivity contribution >= 4 is 27.5 Å². The van der Waals surface area contributed by atoms with E-state index in [-0.39, 0.29) is 30.5 Å². The molecule has 0 bridgehead atoms. The second kappa shape index (κ2) is 9.65. The quantitative estimate of drug-likeness (QED) is 0.518. The van der Waals surface area contributed by atoms with Crippen LogP contribution in [0.25, 0.3) is 5.65 Å². The number of nitrogens with zero attached hydrogens (tertiary/aromatic N) is 4. The van der Waals surface area contributed by atoms with Crippen LogP contribution >= 0.6 is 0 Å². The van der Waals surface area contributed by atoms with Crippen molar-refractivity contribution in [2.75, 3.05) is 38.8 Å². The molecular weight excluding hydrogens is 468 g/mol. The van der Waals surface area contributed by atoms with E-state index < -0.39 is 27.8 Å². The summed E-state index contributed by atoms with van der Waals surface area (Å²) >= 11 is 0. The Labute approximate surface area is 196 Å². The van der Waals surface area contributed by atoms with Crippen molar-refractivity contribution in [1.29, 1.82) is 0 Å². The number of carbonyl (C=O) groups is 1. The maximum Gasteiger partial charge on any atom is 0.303 e. The standard InChI is InChI=1S/C22H25F2N5O4S/c1-27(10-11-33-2)34(31,32)26-22(30)20-13-25-21-8-6-16(14-29(20)21)28-9-3-4-19(28)17-12-15(23)5-7-18(17)24/h5-8,12-14,19H,3-4,9-11H2,1-2H3,(H,26,30). The molecule has 3 aromatic rings. The van der Waals surface area contributed by atoms with Gasteiger partial charge in [0.15, 0.2) is 0 Å². The van der Waals surface area contributed by atoms with Gasteiger partial charge in [-0.1, -0.05) is 0 Å². The highest BCUT2D eigenvalue weighted by Gasteiger charge is 2.30. The van der Waals surface area contributed by atoms with E-state index in [1.54, 1.807) is 18.3 Å². The minimum Gasteiger partial charge on any atom is -0.383 e. The van der Waals surface area contributed by atoms with E-state index in [2.05, 4.69) is 4.98 Å². The van der Waals surface area contributed by atoms with Gasteiger partial charge in [0, 0.05) is 39.0 Å². The lowest BCUT2D eigenvalue weighted by molar-refractivity contribution is 0.0973. The van der Waals surface area contributed by atoms with Gasteiger partial charge >= 0.3 is 10.2 Å². The molecule has 0 aliphatic carbocycles. The van der Waals surface area contributed by atoms with E-state index in [0.717, 1.165) is 22.9 Å². The molecule has 34 heavy (non-hydrogen) atoms. The lowest BCUT2D eigenvalue weighted by atomic mass is 10.0. The highest BCUT2D eigenvalue weighted by molar-refractivity contribution is 7.87. The number of carbonyl (C=O) groups excluding carboxylic acids is 1. The van der Waals surface area contributed by atoms with Crippen molar-refractivity contribution in [2.24, 2.45) is 0 Å². The van der Waals surface area contributed by atoms with Crippen LogP contribution in [0.15, 0.2) is 42.7 Å². The molecule has 182 valence electrons. The molecular formula is C22H25F2N5O4S. The third kappa shape index (κ3) is 4.74. The zero-order chi connectivity index (χ0) is 24.5. The molecule has 1 aliphatic rings. The van der Waals surface area contributed by atoms with Crippen molar-refractivity contribution < 1.29 is 26.7 Å². The lowest BCUT2D eigenvalue weighted by Gasteiger charge is -2.27. The largest absolute Gasteiger partial charge is 0.383 e. The Kier molecular flexibility index (Phi) is 6.82. The van der Waals surface area contributed by atoms with Gasteiger partial charge in [-0.3, -0.25) is 9.20 Å². The van der Waals surface area contributed by atoms with Crippen LogP contribution in [0, 0.1) is 11.6 Å². The van der Waals surface area contributed by atoms with Crippen molar-refractivity contribution in [2.45, 2.75) is 18.9 Å². The van der Waals surface area contributed by atoms with Gasteiger partial charge in [-0.2, -0.15) is 12.7 Å². The average molecular weight is 494 g/mol. The molecule has 1 amide bonds. The number of rotatable bonds is 8. The van der Waals surface area contributed by atoms with Gasteiger partial charge in [-0.25, -0.2) is 18.5 Å². The normalized spacial score (nSPS) is 16.5. The minimum atomic E-state index is -4.08. The number of amides is 1. The van der Waals surface area contributed by atoms with Crippen LogP contribution in [0.2, 0.25) is 0 Å². The third-order valence-corrected chi connectivity index (χ3v) is 7.31. The number of pyridine rings is 1. The minimum absolute atomic E-state index is 0.0215. The molecule has 1 aromatic carbocycles. The number of methoxy groups -OCH3 is 1. The SMILES string of the molecule is COCCN(C)S(=O)(=O)NC(=O)c1cnc2ccc(N3CCCC3c3cc(F)ccc3F)cn12. The summed E-state index contributed by atoms with van der Waals surface area (Å²) in [4.78, 5) is 18.9. The summed E-state index contributed by atoms with van der Waals surface area (Å²) in [5.74, 6) is -1.84. The molecule has 1 saturated heterocycles. The Balaban J connectivity index is 1.62. The number of nitrogens with one attached hydrogen (secondary N) is 1. The van der Waals surface area contributed by atoms with Gasteiger partial charge in [0.05, 0.1) is 24.5 Å². The van der Waals surface area contributed by atoms with Gasteiger partial charge in [0.1, 0.15) is 23.0 Å². The van der Waals surface area contributed by atoms with E-state index in [1.165, 1.54) is 30.8 Å². The average Bonchev–Trinajstić information content (AvgIpc) is 3.45. The fraction of sp³-hybridized carbons (Fsp3) is 0.364. The van der Waals surface area contributed by atoms with E-state index in [9.17, 15) is 22.0 Å². The number of imidazole rings is 1. The number of likely N-dealkylation sites (N-methyl/N-ethyl adjacent to an activating group) is 1. The molecule has 9 nitrogen and oxygen atoms in total. The molecule has 1 atom stereocenters. The van der Waals surface area contributed by atoms with Crippen LogP contribution in [-0.2, 0) is 14.9 Å². The molecule has 1 aliphatic heterocycles. The second-order valence-corrected chi connectivity index (χ2v) is 9.80. The Morgan fingerprint density at radius 3 is 2.85 bits per heavy atom. The van der Waals surface area contributed by atoms with E-state index in [1.807, 2.05) is 9.62 Å². The second-order valence-electron chi connectivity index (χ2n) is 8.03. The summed E-state index contributed by atoms with van der Waals surface area (Å²) in [7, 11) is -1.30. The monoisotopic (exact) mass is 493 g/mol. The van der Waals surface area contributed by atoms with Gasteiger partial charge in [0.25, 0.3) is 5.91 Å². The molecule has 4 rings (SSSR count). The van der Waals surface area contributed by atoms with Crippen LogP contribution in [0.3, 0.4) is 0 Å². The Morgan fingerprint density at radius 2 is 2.09 bits per heavy atom. The molecule has 12 heteroatoms. The van der Waals surface area contributed by atoms with Crippen molar-refractivity contribution in [3.8, 4) is 0 Å². The number of halogens is 2. The maximum absolute atomic E-state index is 14.5. The number of ether oxygens (including phenoxy) is 1. The third-order valence-electron chi connectivity index (χ3n) is 5.87. The highest BCUT2D eigenvalue weighted by Crippen LogP contribution is 2.37. The van der Waals surface area contributed by atoms with Gasteiger partial charge < -0.3 is 9.64 Å². The first kappa shape index (κ1) is 24.0. The van der Waals surface area contributed by atoms with Crippen LogP contribution in [0.1, 0.15) is 34.9 Å². The van der Waals surface area contributed by atoms with Crippen molar-refractivity contribution in [1.82, 2.24) is 18.4 Å². The van der Waals surface area contributed by atoms with Crippen LogP contribution in [0.5, 0.6) is 0 Å². The number of fused-ring (bicyclic) bond motifs is 1. The zero-order valence-corrected chi connectivity index (χ0v) is 19.6. The zero-order valence-electron chi connectivity index (χ0n) is 18.7. The molecule has 3 heterocycles. The fourth-order valence-corrected chi connectivity index (χ4v) is 4.87. The topological polar surface area (TPSA) is 96.2 Å². The summed E-state index contributed by atoms with van der Waals surface area (Å²) < 4.78 is 62.5. The fourth-order valence-electron chi connectivity index (χ4n) is 4.06. The summed E-state index contributed by atoms with van der Waals surface area (Å²) in [6, 6.07) is 6.51. The maximum atomic E-state index is 14.5. The predicted octanol–water partition coefficient (Wildman–Crippen LogP) is 2.51. The number of benzene rings is 1. The number of anilines is 1.